The van der Waals surface area contributed by atoms with E-state index in [1.807, 2.05) is 40.7 Å². The largest absolute Gasteiger partial charge is 0.481 e. The highest BCUT2D eigenvalue weighted by Crippen LogP contribution is 2.64. The summed E-state index contributed by atoms with van der Waals surface area (Å²) in [7, 11) is 0. The van der Waals surface area contributed by atoms with E-state index < -0.39 is 39.9 Å². The number of fused-ring (bicyclic) bond motifs is 3. The Kier molecular flexibility index (Phi) is 5.07. The number of ketones is 1. The molecule has 7 heteroatoms. The summed E-state index contributed by atoms with van der Waals surface area (Å²) >= 11 is 0. The van der Waals surface area contributed by atoms with Crippen LogP contribution in [0, 0.1) is 22.2 Å². The first-order valence-corrected chi connectivity index (χ1v) is 11.5. The first-order valence-electron chi connectivity index (χ1n) is 11.5. The molecule has 0 unspecified atom stereocenters. The highest BCUT2D eigenvalue weighted by molar-refractivity contribution is 5.97. The molecule has 2 aliphatic heterocycles. The Labute approximate surface area is 188 Å². The third-order valence-electron chi connectivity index (χ3n) is 9.47. The highest BCUT2D eigenvalue weighted by atomic mass is 16.5. The molecule has 4 rings (SSSR count). The zero-order valence-corrected chi connectivity index (χ0v) is 19.5. The van der Waals surface area contributed by atoms with Gasteiger partial charge in [-0.05, 0) is 48.2 Å². The highest BCUT2D eigenvalue weighted by Gasteiger charge is 2.65. The molecule has 7 nitrogen and oxygen atoms in total. The Morgan fingerprint density at radius 1 is 1.22 bits per heavy atom. The normalized spacial score (nSPS) is 40.9. The summed E-state index contributed by atoms with van der Waals surface area (Å²) in [5, 5.41) is 31.0. The molecule has 0 amide bonds. The molecular formula is C25H34O7. The van der Waals surface area contributed by atoms with Crippen molar-refractivity contribution in [2.45, 2.75) is 91.0 Å². The average molecular weight is 447 g/mol. The van der Waals surface area contributed by atoms with Crippen LogP contribution in [0.25, 0.3) is 0 Å². The van der Waals surface area contributed by atoms with Gasteiger partial charge in [-0.1, -0.05) is 40.7 Å². The molecule has 0 radical (unpaired) electrons. The number of carbonyl (C=O) groups excluding carboxylic acids is 1. The Balaban J connectivity index is 1.76. The number of carboxylic acid groups (broad SMARTS) is 2. The van der Waals surface area contributed by atoms with Crippen molar-refractivity contribution in [1.82, 2.24) is 0 Å². The van der Waals surface area contributed by atoms with E-state index in [9.17, 15) is 29.7 Å². The van der Waals surface area contributed by atoms with Gasteiger partial charge in [0.15, 0.2) is 5.78 Å². The third kappa shape index (κ3) is 2.83. The van der Waals surface area contributed by atoms with Gasteiger partial charge in [-0.25, -0.2) is 4.79 Å². The molecule has 0 spiro atoms. The fourth-order valence-corrected chi connectivity index (χ4v) is 7.04. The fraction of sp³-hybridized carbons (Fsp3) is 0.720. The van der Waals surface area contributed by atoms with Crippen LogP contribution in [0.3, 0.4) is 0 Å². The van der Waals surface area contributed by atoms with E-state index in [0.717, 1.165) is 6.42 Å². The van der Waals surface area contributed by atoms with E-state index in [4.69, 9.17) is 4.74 Å². The monoisotopic (exact) mass is 446 g/mol. The molecule has 4 aliphatic rings. The summed E-state index contributed by atoms with van der Waals surface area (Å²) in [6.07, 6.45) is 2.90. The Hall–Kier alpha value is -1.99. The molecule has 2 fully saturated rings. The Bertz CT molecular complexity index is 959. The Morgan fingerprint density at radius 3 is 2.41 bits per heavy atom. The van der Waals surface area contributed by atoms with Gasteiger partial charge in [-0.15, -0.1) is 0 Å². The molecule has 6 atom stereocenters. The molecule has 2 aliphatic carbocycles. The molecule has 0 saturated carbocycles. The number of aliphatic hydroxyl groups is 1. The van der Waals surface area contributed by atoms with Gasteiger partial charge in [0, 0.05) is 18.3 Å². The van der Waals surface area contributed by atoms with Crippen LogP contribution in [0.5, 0.6) is 0 Å². The second kappa shape index (κ2) is 7.00. The van der Waals surface area contributed by atoms with Crippen LogP contribution in [-0.4, -0.2) is 50.9 Å². The van der Waals surface area contributed by atoms with Crippen molar-refractivity contribution >= 4 is 17.7 Å². The minimum absolute atomic E-state index is 0.0154. The summed E-state index contributed by atoms with van der Waals surface area (Å²) < 4.78 is 6.17. The first-order chi connectivity index (χ1) is 14.7. The van der Waals surface area contributed by atoms with Crippen molar-refractivity contribution < 1.29 is 34.4 Å². The molecule has 0 aromatic heterocycles. The minimum Gasteiger partial charge on any atom is -0.481 e. The maximum atomic E-state index is 13.2. The number of aliphatic hydroxyl groups excluding tert-OH is 1. The predicted molar refractivity (Wildman–Crippen MR) is 116 cm³/mol. The number of rotatable bonds is 6. The number of hydrogen-bond acceptors (Lipinski definition) is 5. The van der Waals surface area contributed by atoms with Crippen molar-refractivity contribution in [2.75, 3.05) is 0 Å². The number of carbonyl (C=O) groups is 3. The number of hydrogen-bond donors (Lipinski definition) is 3. The molecular weight excluding hydrogens is 412 g/mol. The lowest BCUT2D eigenvalue weighted by atomic mass is 9.52. The van der Waals surface area contributed by atoms with Crippen molar-refractivity contribution in [3.05, 3.63) is 22.8 Å². The number of carboxylic acids is 2. The van der Waals surface area contributed by atoms with E-state index in [0.29, 0.717) is 24.0 Å². The first kappa shape index (κ1) is 23.2. The van der Waals surface area contributed by atoms with E-state index in [1.165, 1.54) is 0 Å². The van der Waals surface area contributed by atoms with Crippen molar-refractivity contribution in [3.8, 4) is 0 Å². The molecule has 176 valence electrons. The van der Waals surface area contributed by atoms with E-state index >= 15 is 0 Å². The maximum Gasteiger partial charge on any atom is 0.335 e. The summed E-state index contributed by atoms with van der Waals surface area (Å²) in [5.41, 5.74) is -1.83. The van der Waals surface area contributed by atoms with Crippen molar-refractivity contribution in [2.24, 2.45) is 22.2 Å². The van der Waals surface area contributed by atoms with Crippen LogP contribution in [0.15, 0.2) is 22.8 Å². The lowest BCUT2D eigenvalue weighted by Crippen LogP contribution is -2.52. The average Bonchev–Trinajstić information content (AvgIpc) is 3.28. The van der Waals surface area contributed by atoms with Crippen LogP contribution in [0.2, 0.25) is 0 Å². The van der Waals surface area contributed by atoms with Gasteiger partial charge in [0.2, 0.25) is 0 Å². The predicted octanol–water partition coefficient (Wildman–Crippen LogP) is 3.50. The van der Waals surface area contributed by atoms with Crippen LogP contribution < -0.4 is 0 Å². The standard InChI is InChI=1S/C25H34O7/c1-13(10-18(27)28)23(4)8-6-15-19(20(29)30)14(11-16(26)24(15,23)5)12-25-9-7-17(32-25)22(2,3)21(25)31/h6,13,16-17,26H,7-12H2,1-5H3,(H,27,28)(H,29,30)/t13-,16-,17+,23+,24+,25+/m1/s1. The van der Waals surface area contributed by atoms with Crippen molar-refractivity contribution in [1.29, 1.82) is 0 Å². The van der Waals surface area contributed by atoms with Gasteiger partial charge in [-0.3, -0.25) is 9.59 Å². The van der Waals surface area contributed by atoms with E-state index in [2.05, 4.69) is 0 Å². The zero-order chi connectivity index (χ0) is 23.9. The molecule has 2 saturated heterocycles. The fourth-order valence-electron chi connectivity index (χ4n) is 7.04. The second-order valence-electron chi connectivity index (χ2n) is 11.3. The maximum absolute atomic E-state index is 13.2. The van der Waals surface area contributed by atoms with Crippen molar-refractivity contribution in [3.63, 3.8) is 0 Å². The lowest BCUT2D eigenvalue weighted by molar-refractivity contribution is -0.141. The van der Waals surface area contributed by atoms with Gasteiger partial charge >= 0.3 is 11.9 Å². The zero-order valence-electron chi connectivity index (χ0n) is 19.5. The van der Waals surface area contributed by atoms with E-state index in [1.54, 1.807) is 0 Å². The van der Waals surface area contributed by atoms with Gasteiger partial charge in [0.25, 0.3) is 0 Å². The van der Waals surface area contributed by atoms with Gasteiger partial charge in [0.05, 0.1) is 23.2 Å². The number of ether oxygens (including phenoxy) is 1. The Morgan fingerprint density at radius 2 is 1.88 bits per heavy atom. The molecule has 0 aromatic rings. The van der Waals surface area contributed by atoms with Crippen LogP contribution in [0.1, 0.15) is 73.1 Å². The minimum atomic E-state index is -1.07. The van der Waals surface area contributed by atoms with Crippen LogP contribution in [-0.2, 0) is 19.1 Å². The van der Waals surface area contributed by atoms with Gasteiger partial charge < -0.3 is 20.1 Å². The number of allylic oxidation sites excluding steroid dienone is 1. The van der Waals surface area contributed by atoms with E-state index in [-0.39, 0.29) is 42.6 Å². The number of aliphatic carboxylic acids is 2. The summed E-state index contributed by atoms with van der Waals surface area (Å²) in [4.78, 5) is 37.1. The molecule has 2 bridgehead atoms. The van der Waals surface area contributed by atoms with Crippen LogP contribution >= 0.6 is 0 Å². The van der Waals surface area contributed by atoms with Gasteiger partial charge in [0.1, 0.15) is 5.60 Å². The number of Topliss-reactive ketones (excluding diaryl/α,β-unsaturated/α-hetero) is 1. The summed E-state index contributed by atoms with van der Waals surface area (Å²) in [5.74, 6) is -2.23. The molecule has 2 heterocycles. The second-order valence-corrected chi connectivity index (χ2v) is 11.3. The smallest absolute Gasteiger partial charge is 0.335 e. The molecule has 0 aromatic carbocycles. The molecule has 32 heavy (non-hydrogen) atoms. The van der Waals surface area contributed by atoms with Gasteiger partial charge in [-0.2, -0.15) is 0 Å². The summed E-state index contributed by atoms with van der Waals surface area (Å²) in [6, 6.07) is 0. The third-order valence-corrected chi connectivity index (χ3v) is 9.47. The topological polar surface area (TPSA) is 121 Å². The molecule has 3 N–H and O–H groups in total. The SMILES string of the molecule is C[C@H](CC(=O)O)[C@]1(C)CC=C2C(C(=O)O)=C(C[C@]34CC[C@H](O3)C(C)(C)C4=O)C[C@@H](O)[C@]21C. The quantitative estimate of drug-likeness (QED) is 0.571. The van der Waals surface area contributed by atoms with Crippen LogP contribution in [0.4, 0.5) is 0 Å². The lowest BCUT2D eigenvalue weighted by Gasteiger charge is -2.52. The summed E-state index contributed by atoms with van der Waals surface area (Å²) in [6.45, 7) is 9.43.